The summed E-state index contributed by atoms with van der Waals surface area (Å²) in [5.41, 5.74) is 3.52. The Bertz CT molecular complexity index is 773. The van der Waals surface area contributed by atoms with E-state index in [-0.39, 0.29) is 0 Å². The molecule has 2 aromatic rings. The maximum absolute atomic E-state index is 11.9. The fourth-order valence-corrected chi connectivity index (χ4v) is 3.80. The van der Waals surface area contributed by atoms with Crippen LogP contribution < -0.4 is 0 Å². The van der Waals surface area contributed by atoms with E-state index in [4.69, 9.17) is 4.74 Å². The number of fused-ring (bicyclic) bond motifs is 1. The highest BCUT2D eigenvalue weighted by atomic mass is 16.5. The van der Waals surface area contributed by atoms with Gasteiger partial charge in [-0.25, -0.2) is 4.79 Å². The first-order valence-electron chi connectivity index (χ1n) is 8.67. The highest BCUT2D eigenvalue weighted by molar-refractivity contribution is 5.96. The van der Waals surface area contributed by atoms with Crippen LogP contribution in [0.25, 0.3) is 11.3 Å². The number of carboxylic acid groups (broad SMARTS) is 1. The van der Waals surface area contributed by atoms with Crippen LogP contribution in [0.3, 0.4) is 0 Å². The number of carbonyl (C=O) groups is 1. The maximum atomic E-state index is 11.9. The lowest BCUT2D eigenvalue weighted by Gasteiger charge is -2.31. The molecule has 0 saturated carbocycles. The van der Waals surface area contributed by atoms with Gasteiger partial charge in [0.15, 0.2) is 0 Å². The summed E-state index contributed by atoms with van der Waals surface area (Å²) in [6, 6.07) is 3.65. The van der Waals surface area contributed by atoms with Crippen LogP contribution >= 0.6 is 0 Å². The van der Waals surface area contributed by atoms with Crippen LogP contribution in [-0.2, 0) is 17.7 Å². The third-order valence-electron chi connectivity index (χ3n) is 5.04. The Morgan fingerprint density at radius 1 is 1.40 bits per heavy atom. The van der Waals surface area contributed by atoms with Gasteiger partial charge >= 0.3 is 5.97 Å². The normalized spacial score (nSPS) is 20.4. The molecule has 1 saturated heterocycles. The lowest BCUT2D eigenvalue weighted by Crippen LogP contribution is -2.35. The van der Waals surface area contributed by atoms with Crippen LogP contribution in [0.1, 0.15) is 27.9 Å². The zero-order chi connectivity index (χ0) is 17.2. The molecule has 25 heavy (non-hydrogen) atoms. The first-order chi connectivity index (χ1) is 12.2. The number of hydrogen-bond acceptors (Lipinski definition) is 5. The van der Waals surface area contributed by atoms with E-state index in [2.05, 4.69) is 14.9 Å². The fourth-order valence-electron chi connectivity index (χ4n) is 3.80. The van der Waals surface area contributed by atoms with Crippen molar-refractivity contribution in [3.05, 3.63) is 47.4 Å². The molecule has 0 spiro atoms. The molecular weight excluding hydrogens is 318 g/mol. The van der Waals surface area contributed by atoms with Crippen LogP contribution in [0.2, 0.25) is 0 Å². The molecule has 0 aliphatic carbocycles. The smallest absolute Gasteiger partial charge is 0.338 e. The van der Waals surface area contributed by atoms with E-state index in [9.17, 15) is 9.90 Å². The Morgan fingerprint density at radius 2 is 2.32 bits per heavy atom. The summed E-state index contributed by atoms with van der Waals surface area (Å²) in [4.78, 5) is 22.9. The van der Waals surface area contributed by atoms with Gasteiger partial charge in [-0.3, -0.25) is 14.9 Å². The minimum Gasteiger partial charge on any atom is -0.478 e. The fraction of sp³-hybridized carbons (Fsp3) is 0.421. The van der Waals surface area contributed by atoms with Crippen molar-refractivity contribution in [2.24, 2.45) is 5.92 Å². The summed E-state index contributed by atoms with van der Waals surface area (Å²) in [5.74, 6) is -0.330. The van der Waals surface area contributed by atoms with Gasteiger partial charge in [-0.15, -0.1) is 0 Å². The number of carboxylic acids is 1. The van der Waals surface area contributed by atoms with E-state index in [1.165, 1.54) is 0 Å². The second-order valence-corrected chi connectivity index (χ2v) is 6.75. The molecule has 2 aliphatic rings. The van der Waals surface area contributed by atoms with Crippen molar-refractivity contribution in [3.63, 3.8) is 0 Å². The van der Waals surface area contributed by atoms with E-state index >= 15 is 0 Å². The molecule has 4 rings (SSSR count). The number of aromatic carboxylic acids is 1. The minimum atomic E-state index is -0.916. The topological polar surface area (TPSA) is 75.5 Å². The summed E-state index contributed by atoms with van der Waals surface area (Å²) in [6.07, 6.45) is 7.02. The average Bonchev–Trinajstić information content (AvgIpc) is 3.14. The summed E-state index contributed by atoms with van der Waals surface area (Å²) < 4.78 is 5.46. The van der Waals surface area contributed by atoms with Gasteiger partial charge in [0.1, 0.15) is 0 Å². The summed E-state index contributed by atoms with van der Waals surface area (Å²) in [7, 11) is 0. The first-order valence-corrected chi connectivity index (χ1v) is 8.67. The maximum Gasteiger partial charge on any atom is 0.338 e. The highest BCUT2D eigenvalue weighted by Gasteiger charge is 2.27. The molecule has 6 nitrogen and oxygen atoms in total. The van der Waals surface area contributed by atoms with Crippen molar-refractivity contribution in [1.82, 2.24) is 14.9 Å². The molecule has 0 bridgehead atoms. The Hall–Kier alpha value is -2.31. The van der Waals surface area contributed by atoms with Crippen LogP contribution in [0.15, 0.2) is 30.7 Å². The van der Waals surface area contributed by atoms with Crippen LogP contribution in [0, 0.1) is 5.92 Å². The van der Waals surface area contributed by atoms with Gasteiger partial charge in [-0.2, -0.15) is 0 Å². The van der Waals surface area contributed by atoms with E-state index in [1.807, 2.05) is 12.3 Å². The molecule has 2 aliphatic heterocycles. The van der Waals surface area contributed by atoms with Crippen molar-refractivity contribution in [3.8, 4) is 11.3 Å². The third-order valence-corrected chi connectivity index (χ3v) is 5.04. The van der Waals surface area contributed by atoms with Crippen molar-refractivity contribution in [1.29, 1.82) is 0 Å². The highest BCUT2D eigenvalue weighted by Crippen LogP contribution is 2.30. The Labute approximate surface area is 146 Å². The van der Waals surface area contributed by atoms with E-state index < -0.39 is 5.97 Å². The zero-order valence-corrected chi connectivity index (χ0v) is 14.0. The van der Waals surface area contributed by atoms with Crippen LogP contribution in [0.5, 0.6) is 0 Å². The van der Waals surface area contributed by atoms with Crippen molar-refractivity contribution >= 4 is 5.97 Å². The van der Waals surface area contributed by atoms with Gasteiger partial charge < -0.3 is 9.84 Å². The van der Waals surface area contributed by atoms with Gasteiger partial charge in [0.25, 0.3) is 0 Å². The number of hydrogen-bond donors (Lipinski definition) is 1. The third kappa shape index (κ3) is 3.27. The molecule has 1 N–H and O–H groups in total. The Kier molecular flexibility index (Phi) is 4.46. The van der Waals surface area contributed by atoms with E-state index in [1.54, 1.807) is 18.5 Å². The van der Waals surface area contributed by atoms with Crippen LogP contribution in [0.4, 0.5) is 0 Å². The monoisotopic (exact) mass is 339 g/mol. The molecule has 0 radical (unpaired) electrons. The van der Waals surface area contributed by atoms with Gasteiger partial charge in [-0.1, -0.05) is 0 Å². The summed E-state index contributed by atoms with van der Waals surface area (Å²) >= 11 is 0. The molecule has 0 unspecified atom stereocenters. The second kappa shape index (κ2) is 6.90. The Morgan fingerprint density at radius 3 is 3.04 bits per heavy atom. The molecule has 1 atom stereocenters. The lowest BCUT2D eigenvalue weighted by atomic mass is 9.92. The standard InChI is InChI=1S/C19H21N3O3/c23-19(24)17-16-3-6-22(10-13-4-7-25-12-13)11-15(16)9-21-18(17)14-2-1-5-20-8-14/h1-2,5,8-9,13H,3-4,6-7,10-12H2,(H,23,24)/t13-/m0/s1. The first kappa shape index (κ1) is 16.2. The average molecular weight is 339 g/mol. The lowest BCUT2D eigenvalue weighted by molar-refractivity contribution is 0.0695. The number of aromatic nitrogens is 2. The van der Waals surface area contributed by atoms with Gasteiger partial charge in [0, 0.05) is 50.4 Å². The van der Waals surface area contributed by atoms with Crippen molar-refractivity contribution in [2.45, 2.75) is 19.4 Å². The summed E-state index contributed by atoms with van der Waals surface area (Å²) in [6.45, 7) is 4.33. The van der Waals surface area contributed by atoms with Crippen LogP contribution in [-0.4, -0.2) is 52.2 Å². The Balaban J connectivity index is 1.64. The number of rotatable bonds is 4. The second-order valence-electron chi connectivity index (χ2n) is 6.75. The predicted octanol–water partition coefficient (Wildman–Crippen LogP) is 2.24. The number of ether oxygens (including phenoxy) is 1. The number of pyridine rings is 2. The molecular formula is C19H21N3O3. The SMILES string of the molecule is O=C(O)c1c(-c2cccnc2)ncc2c1CCN(C[C@@H]1CCOC1)C2. The molecule has 1 fully saturated rings. The molecule has 0 amide bonds. The summed E-state index contributed by atoms with van der Waals surface area (Å²) in [5, 5.41) is 9.79. The molecule has 2 aromatic heterocycles. The minimum absolute atomic E-state index is 0.328. The van der Waals surface area contributed by atoms with Gasteiger partial charge in [0.2, 0.25) is 0 Å². The number of nitrogens with zero attached hydrogens (tertiary/aromatic N) is 3. The zero-order valence-electron chi connectivity index (χ0n) is 14.0. The largest absolute Gasteiger partial charge is 0.478 e. The molecule has 4 heterocycles. The van der Waals surface area contributed by atoms with E-state index in [0.717, 1.165) is 62.4 Å². The molecule has 6 heteroatoms. The van der Waals surface area contributed by atoms with Gasteiger partial charge in [-0.05, 0) is 42.0 Å². The molecule has 130 valence electrons. The predicted molar refractivity (Wildman–Crippen MR) is 92.3 cm³/mol. The quantitative estimate of drug-likeness (QED) is 0.921. The van der Waals surface area contributed by atoms with Crippen molar-refractivity contribution in [2.75, 3.05) is 26.3 Å². The molecule has 0 aromatic carbocycles. The van der Waals surface area contributed by atoms with Crippen molar-refractivity contribution < 1.29 is 14.6 Å². The van der Waals surface area contributed by atoms with Gasteiger partial charge in [0.05, 0.1) is 17.9 Å². The van der Waals surface area contributed by atoms with E-state index in [0.29, 0.717) is 17.2 Å².